The molecule has 5 heteroatoms. The summed E-state index contributed by atoms with van der Waals surface area (Å²) in [5.41, 5.74) is 0.491. The number of hydrogen-bond acceptors (Lipinski definition) is 4. The van der Waals surface area contributed by atoms with Gasteiger partial charge in [0.15, 0.2) is 0 Å². The summed E-state index contributed by atoms with van der Waals surface area (Å²) in [6, 6.07) is 3.57. The third-order valence-electron chi connectivity index (χ3n) is 5.00. The maximum atomic E-state index is 12.4. The maximum Gasteiger partial charge on any atom is 0.255 e. The van der Waals surface area contributed by atoms with Gasteiger partial charge in [0.2, 0.25) is 0 Å². The van der Waals surface area contributed by atoms with Crippen LogP contribution in [0.25, 0.3) is 0 Å². The molecule has 5 nitrogen and oxygen atoms in total. The molecule has 1 N–H and O–H groups in total. The number of piperidine rings is 1. The second-order valence-electron chi connectivity index (χ2n) is 5.96. The van der Waals surface area contributed by atoms with Gasteiger partial charge < -0.3 is 14.7 Å². The minimum atomic E-state index is -0.287. The summed E-state index contributed by atoms with van der Waals surface area (Å²) in [5.74, 6) is 0.0275. The lowest BCUT2D eigenvalue weighted by molar-refractivity contribution is -0.207. The number of nitrogens with zero attached hydrogens (tertiary/aromatic N) is 2. The molecule has 2 heterocycles. The number of aliphatic hydroxyl groups is 1. The van der Waals surface area contributed by atoms with E-state index in [0.29, 0.717) is 25.3 Å². The van der Waals surface area contributed by atoms with Gasteiger partial charge in [-0.2, -0.15) is 0 Å². The predicted octanol–water partition coefficient (Wildman–Crippen LogP) is 1.47. The van der Waals surface area contributed by atoms with Gasteiger partial charge in [-0.25, -0.2) is 0 Å². The number of rotatable bonds is 3. The Morgan fingerprint density at radius 1 is 1.52 bits per heavy atom. The van der Waals surface area contributed by atoms with Crippen LogP contribution in [0.4, 0.5) is 0 Å². The van der Waals surface area contributed by atoms with Crippen molar-refractivity contribution in [3.63, 3.8) is 0 Å². The fraction of sp³-hybridized carbons (Fsp3) is 0.625. The van der Waals surface area contributed by atoms with Crippen molar-refractivity contribution in [3.8, 4) is 0 Å². The van der Waals surface area contributed by atoms with Gasteiger partial charge in [-0.3, -0.25) is 9.78 Å². The van der Waals surface area contributed by atoms with Crippen LogP contribution in [-0.4, -0.2) is 52.8 Å². The lowest BCUT2D eigenvalue weighted by Gasteiger charge is -2.56. The second kappa shape index (κ2) is 5.73. The normalized spacial score (nSPS) is 27.4. The first kappa shape index (κ1) is 14.5. The van der Waals surface area contributed by atoms with E-state index < -0.39 is 0 Å². The van der Waals surface area contributed by atoms with Crippen molar-refractivity contribution < 1.29 is 14.6 Å². The Balaban J connectivity index is 1.64. The molecule has 2 atom stereocenters. The molecule has 1 aromatic rings. The lowest BCUT2D eigenvalue weighted by Crippen LogP contribution is -2.62. The van der Waals surface area contributed by atoms with Crippen molar-refractivity contribution in [2.24, 2.45) is 5.41 Å². The molecule has 1 amide bonds. The van der Waals surface area contributed by atoms with Gasteiger partial charge >= 0.3 is 0 Å². The molecule has 1 spiro atoms. The van der Waals surface area contributed by atoms with Crippen LogP contribution in [0.1, 0.15) is 36.5 Å². The van der Waals surface area contributed by atoms with Crippen molar-refractivity contribution in [3.05, 3.63) is 30.1 Å². The Labute approximate surface area is 124 Å². The van der Waals surface area contributed by atoms with E-state index in [1.165, 1.54) is 0 Å². The summed E-state index contributed by atoms with van der Waals surface area (Å²) in [5, 5.41) is 10.2. The third kappa shape index (κ3) is 2.45. The summed E-state index contributed by atoms with van der Waals surface area (Å²) in [6.07, 6.45) is 5.48. The van der Waals surface area contributed by atoms with Crippen LogP contribution in [0.2, 0.25) is 0 Å². The first-order chi connectivity index (χ1) is 10.2. The molecule has 0 bridgehead atoms. The Bertz CT molecular complexity index is 496. The Morgan fingerprint density at radius 3 is 2.86 bits per heavy atom. The maximum absolute atomic E-state index is 12.4. The quantitative estimate of drug-likeness (QED) is 0.916. The minimum absolute atomic E-state index is 0.0275. The zero-order valence-electron chi connectivity index (χ0n) is 12.4. The highest BCUT2D eigenvalue weighted by Gasteiger charge is 2.56. The molecule has 1 aliphatic heterocycles. The molecule has 0 aromatic carbocycles. The summed E-state index contributed by atoms with van der Waals surface area (Å²) in [7, 11) is 0. The van der Waals surface area contributed by atoms with Crippen LogP contribution in [0.3, 0.4) is 0 Å². The zero-order chi connectivity index (χ0) is 14.9. The summed E-state index contributed by atoms with van der Waals surface area (Å²) < 4.78 is 5.75. The molecule has 1 saturated heterocycles. The van der Waals surface area contributed by atoms with Gasteiger partial charge in [-0.1, -0.05) is 0 Å². The lowest BCUT2D eigenvalue weighted by atomic mass is 9.58. The van der Waals surface area contributed by atoms with Gasteiger partial charge in [0, 0.05) is 43.9 Å². The summed E-state index contributed by atoms with van der Waals surface area (Å²) in [4.78, 5) is 18.3. The number of likely N-dealkylation sites (tertiary alicyclic amines) is 1. The van der Waals surface area contributed by atoms with Gasteiger partial charge in [0.05, 0.1) is 17.8 Å². The number of aliphatic hydroxyl groups excluding tert-OH is 1. The van der Waals surface area contributed by atoms with Crippen LogP contribution in [0.5, 0.6) is 0 Å². The highest BCUT2D eigenvalue weighted by Crippen LogP contribution is 2.51. The van der Waals surface area contributed by atoms with E-state index in [9.17, 15) is 9.90 Å². The zero-order valence-corrected chi connectivity index (χ0v) is 12.4. The van der Waals surface area contributed by atoms with E-state index in [1.807, 2.05) is 11.8 Å². The number of hydrogen-bond donors (Lipinski definition) is 1. The standard InChI is InChI=1S/C16H22N2O3/c1-2-21-14-10-13(19)16(14)5-8-18(9-6-16)15(20)12-4-3-7-17-11-12/h3-4,7,11,13-14,19H,2,5-6,8-10H2,1H3/t13-,14+/m0/s1. The number of ether oxygens (including phenoxy) is 1. The van der Waals surface area contributed by atoms with Crippen LogP contribution in [-0.2, 0) is 4.74 Å². The average Bonchev–Trinajstić information content (AvgIpc) is 2.55. The van der Waals surface area contributed by atoms with E-state index in [1.54, 1.807) is 24.5 Å². The topological polar surface area (TPSA) is 62.7 Å². The highest BCUT2D eigenvalue weighted by atomic mass is 16.5. The average molecular weight is 290 g/mol. The minimum Gasteiger partial charge on any atom is -0.392 e. The number of carbonyl (C=O) groups is 1. The second-order valence-corrected chi connectivity index (χ2v) is 5.96. The van der Waals surface area contributed by atoms with Crippen molar-refractivity contribution >= 4 is 5.91 Å². The van der Waals surface area contributed by atoms with Crippen molar-refractivity contribution in [2.45, 2.75) is 38.4 Å². The predicted molar refractivity (Wildman–Crippen MR) is 77.8 cm³/mol. The smallest absolute Gasteiger partial charge is 0.255 e. The van der Waals surface area contributed by atoms with Crippen LogP contribution >= 0.6 is 0 Å². The van der Waals surface area contributed by atoms with Crippen molar-refractivity contribution in [1.29, 1.82) is 0 Å². The molecule has 2 aliphatic rings. The van der Waals surface area contributed by atoms with Gasteiger partial charge in [-0.15, -0.1) is 0 Å². The summed E-state index contributed by atoms with van der Waals surface area (Å²) >= 11 is 0. The molecule has 3 rings (SSSR count). The fourth-order valence-electron chi connectivity index (χ4n) is 3.61. The first-order valence-corrected chi connectivity index (χ1v) is 7.66. The fourth-order valence-corrected chi connectivity index (χ4v) is 3.61. The van der Waals surface area contributed by atoms with E-state index in [2.05, 4.69) is 4.98 Å². The molecule has 0 unspecified atom stereocenters. The largest absolute Gasteiger partial charge is 0.392 e. The molecular weight excluding hydrogens is 268 g/mol. The van der Waals surface area contributed by atoms with E-state index in [4.69, 9.17) is 4.74 Å². The Kier molecular flexibility index (Phi) is 3.95. The van der Waals surface area contributed by atoms with Gasteiger partial charge in [-0.05, 0) is 31.9 Å². The Morgan fingerprint density at radius 2 is 2.29 bits per heavy atom. The Hall–Kier alpha value is -1.46. The molecule has 1 saturated carbocycles. The number of amides is 1. The molecule has 1 aromatic heterocycles. The molecule has 1 aliphatic carbocycles. The molecule has 21 heavy (non-hydrogen) atoms. The van der Waals surface area contributed by atoms with Crippen LogP contribution in [0.15, 0.2) is 24.5 Å². The highest BCUT2D eigenvalue weighted by molar-refractivity contribution is 5.93. The first-order valence-electron chi connectivity index (χ1n) is 7.66. The third-order valence-corrected chi connectivity index (χ3v) is 5.00. The van der Waals surface area contributed by atoms with Gasteiger partial charge in [0.1, 0.15) is 0 Å². The van der Waals surface area contributed by atoms with Gasteiger partial charge in [0.25, 0.3) is 5.91 Å². The number of pyridine rings is 1. The van der Waals surface area contributed by atoms with E-state index in [0.717, 1.165) is 19.3 Å². The molecule has 114 valence electrons. The monoisotopic (exact) mass is 290 g/mol. The van der Waals surface area contributed by atoms with Crippen molar-refractivity contribution in [2.75, 3.05) is 19.7 Å². The number of aromatic nitrogens is 1. The summed E-state index contributed by atoms with van der Waals surface area (Å²) in [6.45, 7) is 4.01. The molecule has 0 radical (unpaired) electrons. The van der Waals surface area contributed by atoms with Crippen LogP contribution < -0.4 is 0 Å². The number of carbonyl (C=O) groups excluding carboxylic acids is 1. The van der Waals surface area contributed by atoms with E-state index >= 15 is 0 Å². The van der Waals surface area contributed by atoms with Crippen molar-refractivity contribution in [1.82, 2.24) is 9.88 Å². The molecular formula is C16H22N2O3. The molecule has 2 fully saturated rings. The van der Waals surface area contributed by atoms with Crippen LogP contribution in [0, 0.1) is 5.41 Å². The van der Waals surface area contributed by atoms with E-state index in [-0.39, 0.29) is 23.5 Å². The SMILES string of the molecule is CCO[C@@H]1C[C@H](O)C12CCN(C(=O)c1cccnc1)CC2.